The van der Waals surface area contributed by atoms with Crippen molar-refractivity contribution in [3.8, 4) is 0 Å². The average molecular weight is 438 g/mol. The molecule has 30 heavy (non-hydrogen) atoms. The Bertz CT molecular complexity index is 806. The molecule has 168 valence electrons. The first-order valence-corrected chi connectivity index (χ1v) is 12.4. The number of carbonyl (C=O) groups excluding carboxylic acids is 2. The summed E-state index contributed by atoms with van der Waals surface area (Å²) in [6.07, 6.45) is 8.34. The van der Waals surface area contributed by atoms with Crippen LogP contribution < -0.4 is 10.5 Å². The van der Waals surface area contributed by atoms with Gasteiger partial charge >= 0.3 is 0 Å². The Morgan fingerprint density at radius 1 is 0.933 bits per heavy atom. The van der Waals surface area contributed by atoms with Crippen LogP contribution in [0.5, 0.6) is 0 Å². The number of amidine groups is 1. The molecule has 0 aliphatic rings. The van der Waals surface area contributed by atoms with E-state index in [4.69, 9.17) is 11.1 Å². The largest absolute Gasteiger partial charge is 0.388 e. The molecule has 1 aromatic rings. The van der Waals surface area contributed by atoms with E-state index in [1.807, 2.05) is 0 Å². The molecule has 0 saturated carbocycles. The molecule has 1 aromatic carbocycles. The van der Waals surface area contributed by atoms with E-state index in [1.54, 1.807) is 12.1 Å². The van der Waals surface area contributed by atoms with Crippen molar-refractivity contribution < 1.29 is 18.0 Å². The Kier molecular flexibility index (Phi) is 12.0. The molecule has 0 spiro atoms. The number of sulfonamides is 1. The lowest BCUT2D eigenvalue weighted by atomic mass is 10.0. The quantitative estimate of drug-likeness (QED) is 0.109. The van der Waals surface area contributed by atoms with Gasteiger partial charge in [-0.2, -0.15) is 0 Å². The highest BCUT2D eigenvalue weighted by atomic mass is 32.2. The minimum Gasteiger partial charge on any atom is -0.388 e. The van der Waals surface area contributed by atoms with E-state index < -0.39 is 21.6 Å². The molecule has 0 unspecified atom stereocenters. The highest BCUT2D eigenvalue weighted by Gasteiger charge is 2.21. The molecule has 4 N–H and O–H groups in total. The number of Topliss-reactive ketones (excluding diaryl/α,β-unsaturated/α-hetero) is 2. The summed E-state index contributed by atoms with van der Waals surface area (Å²) in [5.74, 6) is -1.12. The fraction of sp³-hybridized carbons (Fsp3) is 0.591. The number of benzene rings is 1. The summed E-state index contributed by atoms with van der Waals surface area (Å²) in [4.78, 5) is 24.8. The first-order chi connectivity index (χ1) is 14.3. The Labute approximate surface area is 180 Å². The number of unbranched alkanes of at least 4 members (excludes halogenated alkanes) is 7. The second-order valence-corrected chi connectivity index (χ2v) is 9.41. The maximum absolute atomic E-state index is 12.5. The van der Waals surface area contributed by atoms with Crippen molar-refractivity contribution in [2.45, 2.75) is 77.6 Å². The smallest absolute Gasteiger partial charge is 0.232 e. The third kappa shape index (κ3) is 10.5. The average Bonchev–Trinajstić information content (AvgIpc) is 2.69. The highest BCUT2D eigenvalue weighted by Crippen LogP contribution is 2.19. The predicted octanol–water partition coefficient (Wildman–Crippen LogP) is 4.43. The van der Waals surface area contributed by atoms with E-state index in [9.17, 15) is 18.0 Å². The fourth-order valence-electron chi connectivity index (χ4n) is 3.10. The Hall–Kier alpha value is -2.22. The molecule has 0 aliphatic carbocycles. The molecule has 0 bridgehead atoms. The van der Waals surface area contributed by atoms with E-state index in [0.29, 0.717) is 32.1 Å². The van der Waals surface area contributed by atoms with E-state index in [2.05, 4.69) is 11.6 Å². The van der Waals surface area contributed by atoms with Crippen molar-refractivity contribution in [2.24, 2.45) is 5.73 Å². The van der Waals surface area contributed by atoms with Gasteiger partial charge < -0.3 is 5.73 Å². The monoisotopic (exact) mass is 437 g/mol. The molecule has 0 amide bonds. The number of rotatable bonds is 17. The highest BCUT2D eigenvalue weighted by molar-refractivity contribution is 7.92. The van der Waals surface area contributed by atoms with Gasteiger partial charge in [-0.1, -0.05) is 57.6 Å². The molecule has 7 nitrogen and oxygen atoms in total. The maximum atomic E-state index is 12.5. The van der Waals surface area contributed by atoms with Crippen LogP contribution in [-0.4, -0.2) is 31.6 Å². The number of nitrogens with two attached hydrogens (primary N) is 1. The third-order valence-electron chi connectivity index (χ3n) is 4.81. The van der Waals surface area contributed by atoms with Crippen molar-refractivity contribution >= 4 is 33.1 Å². The van der Waals surface area contributed by atoms with E-state index in [0.717, 1.165) is 32.1 Å². The summed E-state index contributed by atoms with van der Waals surface area (Å²) in [5, 5.41) is 7.17. The number of para-hydroxylation sites is 1. The van der Waals surface area contributed by atoms with Crippen LogP contribution in [0.2, 0.25) is 0 Å². The molecule has 0 heterocycles. The van der Waals surface area contributed by atoms with Crippen LogP contribution in [0.25, 0.3) is 0 Å². The van der Waals surface area contributed by atoms with Gasteiger partial charge in [0.2, 0.25) is 21.6 Å². The third-order valence-corrected chi connectivity index (χ3v) is 6.16. The summed E-state index contributed by atoms with van der Waals surface area (Å²) >= 11 is 0. The molecule has 0 radical (unpaired) electrons. The van der Waals surface area contributed by atoms with Gasteiger partial charge in [-0.05, 0) is 31.4 Å². The summed E-state index contributed by atoms with van der Waals surface area (Å²) in [5.41, 5.74) is 5.52. The summed E-state index contributed by atoms with van der Waals surface area (Å²) in [6, 6.07) is 6.22. The SMILES string of the molecule is CCCCCCCCS(=O)(=O)Nc1ccccc1C(=O)C(=O)CCCCCC(=N)N. The molecule has 0 saturated heterocycles. The molecule has 0 fully saturated rings. The van der Waals surface area contributed by atoms with Gasteiger partial charge in [0.25, 0.3) is 0 Å². The number of anilines is 1. The summed E-state index contributed by atoms with van der Waals surface area (Å²) in [7, 11) is -3.59. The van der Waals surface area contributed by atoms with Crippen LogP contribution in [-0.2, 0) is 14.8 Å². The lowest BCUT2D eigenvalue weighted by Crippen LogP contribution is -2.21. The van der Waals surface area contributed by atoms with Gasteiger partial charge in [0, 0.05) is 18.4 Å². The Balaban J connectivity index is 2.60. The van der Waals surface area contributed by atoms with E-state index in [-0.39, 0.29) is 29.3 Å². The number of ketones is 2. The second kappa shape index (κ2) is 13.9. The van der Waals surface area contributed by atoms with Crippen LogP contribution in [0.3, 0.4) is 0 Å². The minimum atomic E-state index is -3.59. The number of hydrogen-bond donors (Lipinski definition) is 3. The lowest BCUT2D eigenvalue weighted by Gasteiger charge is -2.12. The summed E-state index contributed by atoms with van der Waals surface area (Å²) in [6.45, 7) is 2.13. The van der Waals surface area contributed by atoms with Gasteiger partial charge in [0.05, 0.1) is 17.3 Å². The lowest BCUT2D eigenvalue weighted by molar-refractivity contribution is -0.115. The van der Waals surface area contributed by atoms with Crippen LogP contribution in [0, 0.1) is 5.41 Å². The van der Waals surface area contributed by atoms with Crippen molar-refractivity contribution in [3.05, 3.63) is 29.8 Å². The van der Waals surface area contributed by atoms with Crippen molar-refractivity contribution in [1.29, 1.82) is 5.41 Å². The second-order valence-electron chi connectivity index (χ2n) is 7.57. The fourth-order valence-corrected chi connectivity index (χ4v) is 4.30. The minimum absolute atomic E-state index is 0.00819. The Morgan fingerprint density at radius 2 is 1.53 bits per heavy atom. The van der Waals surface area contributed by atoms with Crippen molar-refractivity contribution in [3.63, 3.8) is 0 Å². The predicted molar refractivity (Wildman–Crippen MR) is 122 cm³/mol. The number of carbonyl (C=O) groups is 2. The molecule has 8 heteroatoms. The van der Waals surface area contributed by atoms with Gasteiger partial charge in [-0.25, -0.2) is 8.42 Å². The van der Waals surface area contributed by atoms with E-state index >= 15 is 0 Å². The van der Waals surface area contributed by atoms with E-state index in [1.165, 1.54) is 12.1 Å². The van der Waals surface area contributed by atoms with Gasteiger partial charge in [0.1, 0.15) is 0 Å². The zero-order valence-corrected chi connectivity index (χ0v) is 18.7. The standard InChI is InChI=1S/C22H35N3O4S/c1-2-3-4-5-6-12-17-30(28,29)25-19-14-11-10-13-18(19)22(27)20(26)15-8-7-9-16-21(23)24/h10-11,13-14,25H,2-9,12,15-17H2,1H3,(H3,23,24). The molecular formula is C22H35N3O4S. The van der Waals surface area contributed by atoms with Crippen molar-refractivity contribution in [1.82, 2.24) is 0 Å². The Morgan fingerprint density at radius 3 is 2.23 bits per heavy atom. The first kappa shape index (κ1) is 25.8. The van der Waals surface area contributed by atoms with Gasteiger partial charge in [0.15, 0.2) is 0 Å². The summed E-state index contributed by atoms with van der Waals surface area (Å²) < 4.78 is 27.3. The maximum Gasteiger partial charge on any atom is 0.232 e. The number of hydrogen-bond acceptors (Lipinski definition) is 5. The van der Waals surface area contributed by atoms with Crippen LogP contribution in [0.1, 0.15) is 87.9 Å². The van der Waals surface area contributed by atoms with Gasteiger partial charge in [-0.15, -0.1) is 0 Å². The zero-order chi connectivity index (χ0) is 22.4. The van der Waals surface area contributed by atoms with Crippen LogP contribution in [0.4, 0.5) is 5.69 Å². The van der Waals surface area contributed by atoms with Crippen molar-refractivity contribution in [2.75, 3.05) is 10.5 Å². The molecule has 0 aromatic heterocycles. The molecule has 0 atom stereocenters. The molecular weight excluding hydrogens is 402 g/mol. The van der Waals surface area contributed by atoms with Crippen LogP contribution in [0.15, 0.2) is 24.3 Å². The molecule has 1 rings (SSSR count). The van der Waals surface area contributed by atoms with Crippen LogP contribution >= 0.6 is 0 Å². The zero-order valence-electron chi connectivity index (χ0n) is 17.9. The first-order valence-electron chi connectivity index (χ1n) is 10.8. The topological polar surface area (TPSA) is 130 Å². The normalized spacial score (nSPS) is 11.2. The molecule has 0 aliphatic heterocycles. The number of nitrogens with one attached hydrogen (secondary N) is 2. The van der Waals surface area contributed by atoms with Gasteiger partial charge in [-0.3, -0.25) is 19.7 Å².